The Morgan fingerprint density at radius 2 is 1.81 bits per heavy atom. The first-order valence-corrected chi connectivity index (χ1v) is 12.2. The van der Waals surface area contributed by atoms with Crippen LogP contribution in [0.15, 0.2) is 59.6 Å². The lowest BCUT2D eigenvalue weighted by Gasteiger charge is -2.23. The molecule has 2 aromatic carbocycles. The summed E-state index contributed by atoms with van der Waals surface area (Å²) in [5.41, 5.74) is 0.137. The van der Waals surface area contributed by atoms with Gasteiger partial charge in [0.15, 0.2) is 0 Å². The molecule has 1 aliphatic heterocycles. The maximum absolute atomic E-state index is 13.2. The van der Waals surface area contributed by atoms with E-state index in [1.54, 1.807) is 0 Å². The normalized spacial score (nSPS) is 16.6. The number of aromatic nitrogens is 2. The second-order valence-electron chi connectivity index (χ2n) is 8.08. The van der Waals surface area contributed by atoms with Gasteiger partial charge in [0.25, 0.3) is 0 Å². The molecular formula is C24H20F4N4O3S. The average Bonchev–Trinajstić information content (AvgIpc) is 3.50. The number of halogens is 4. The van der Waals surface area contributed by atoms with Gasteiger partial charge in [0, 0.05) is 24.8 Å². The molecular weight excluding hydrogens is 500 g/mol. The van der Waals surface area contributed by atoms with Crippen LogP contribution in [-0.4, -0.2) is 41.0 Å². The summed E-state index contributed by atoms with van der Waals surface area (Å²) in [6.07, 6.45) is 3.30. The predicted octanol–water partition coefficient (Wildman–Crippen LogP) is 3.48. The van der Waals surface area contributed by atoms with Gasteiger partial charge in [0.1, 0.15) is 17.6 Å². The molecule has 1 fully saturated rings. The van der Waals surface area contributed by atoms with Crippen LogP contribution in [0.5, 0.6) is 0 Å². The molecule has 0 saturated carbocycles. The van der Waals surface area contributed by atoms with Crippen molar-refractivity contribution in [2.24, 2.45) is 0 Å². The zero-order chi connectivity index (χ0) is 26.1. The van der Waals surface area contributed by atoms with Crippen LogP contribution in [-0.2, 0) is 27.5 Å². The molecule has 7 nitrogen and oxygen atoms in total. The molecule has 1 aliphatic rings. The third-order valence-electron chi connectivity index (χ3n) is 5.77. The van der Waals surface area contributed by atoms with Gasteiger partial charge in [-0.2, -0.15) is 22.6 Å². The van der Waals surface area contributed by atoms with Crippen molar-refractivity contribution in [3.63, 3.8) is 0 Å². The van der Waals surface area contributed by atoms with Crippen LogP contribution in [0.1, 0.15) is 29.7 Å². The van der Waals surface area contributed by atoms with Gasteiger partial charge >= 0.3 is 6.18 Å². The van der Waals surface area contributed by atoms with Crippen molar-refractivity contribution in [2.75, 3.05) is 6.54 Å². The lowest BCUT2D eigenvalue weighted by molar-refractivity contribution is -0.137. The van der Waals surface area contributed by atoms with Crippen molar-refractivity contribution in [1.82, 2.24) is 19.4 Å². The topological polar surface area (TPSA) is 84.3 Å². The predicted molar refractivity (Wildman–Crippen MR) is 122 cm³/mol. The van der Waals surface area contributed by atoms with E-state index in [1.165, 1.54) is 23.0 Å². The molecule has 1 aromatic heterocycles. The molecule has 1 saturated heterocycles. The fourth-order valence-corrected chi connectivity index (χ4v) is 5.58. The summed E-state index contributed by atoms with van der Waals surface area (Å²) in [7, 11) is -4.01. The summed E-state index contributed by atoms with van der Waals surface area (Å²) < 4.78 is 80.0. The maximum atomic E-state index is 13.2. The van der Waals surface area contributed by atoms with E-state index in [0.29, 0.717) is 24.1 Å². The third-order valence-corrected chi connectivity index (χ3v) is 7.69. The van der Waals surface area contributed by atoms with Gasteiger partial charge in [-0.25, -0.2) is 17.5 Å². The molecule has 0 aliphatic carbocycles. The number of benzene rings is 2. The van der Waals surface area contributed by atoms with Gasteiger partial charge < -0.3 is 5.32 Å². The number of rotatable bonds is 6. The van der Waals surface area contributed by atoms with E-state index in [4.69, 9.17) is 6.42 Å². The molecule has 1 amide bonds. The van der Waals surface area contributed by atoms with Crippen LogP contribution in [0.2, 0.25) is 0 Å². The quantitative estimate of drug-likeness (QED) is 0.399. The highest BCUT2D eigenvalue weighted by Crippen LogP contribution is 2.30. The highest BCUT2D eigenvalue weighted by Gasteiger charge is 2.39. The number of carbonyl (C=O) groups is 1. The van der Waals surface area contributed by atoms with E-state index in [-0.39, 0.29) is 23.7 Å². The number of alkyl halides is 3. The number of nitrogens with one attached hydrogen (secondary N) is 1. The molecule has 0 bridgehead atoms. The van der Waals surface area contributed by atoms with Gasteiger partial charge in [-0.3, -0.25) is 4.79 Å². The summed E-state index contributed by atoms with van der Waals surface area (Å²) in [6, 6.07) is 7.74. The Labute approximate surface area is 204 Å². The minimum Gasteiger partial charge on any atom is -0.350 e. The smallest absolute Gasteiger partial charge is 0.350 e. The molecule has 0 radical (unpaired) electrons. The van der Waals surface area contributed by atoms with E-state index in [1.807, 2.05) is 0 Å². The number of terminal acetylenes is 1. The summed E-state index contributed by atoms with van der Waals surface area (Å²) >= 11 is 0. The molecule has 1 unspecified atom stereocenters. The van der Waals surface area contributed by atoms with Crippen LogP contribution in [0.25, 0.3) is 5.69 Å². The van der Waals surface area contributed by atoms with E-state index >= 15 is 0 Å². The van der Waals surface area contributed by atoms with Crippen molar-refractivity contribution in [1.29, 1.82) is 0 Å². The fourth-order valence-electron chi connectivity index (χ4n) is 3.93. The monoisotopic (exact) mass is 520 g/mol. The number of hydrogen-bond donors (Lipinski definition) is 1. The van der Waals surface area contributed by atoms with Crippen LogP contribution >= 0.6 is 0 Å². The van der Waals surface area contributed by atoms with E-state index in [2.05, 4.69) is 16.3 Å². The molecule has 2 heterocycles. The summed E-state index contributed by atoms with van der Waals surface area (Å²) in [5.74, 6) is 1.26. The van der Waals surface area contributed by atoms with E-state index in [0.717, 1.165) is 40.7 Å². The minimum atomic E-state index is -4.47. The zero-order valence-electron chi connectivity index (χ0n) is 18.7. The Bertz CT molecular complexity index is 1410. The largest absolute Gasteiger partial charge is 0.416 e. The SMILES string of the molecule is C#Cc1nn(-c2ccc(C(F)(F)F)cc2)cc1CNC(=O)C1CCCN1S(=O)(=O)c1ccc(F)cc1. The Morgan fingerprint density at radius 1 is 1.14 bits per heavy atom. The Morgan fingerprint density at radius 3 is 2.42 bits per heavy atom. The summed E-state index contributed by atoms with van der Waals surface area (Å²) in [6.45, 7) is 0.0686. The van der Waals surface area contributed by atoms with E-state index in [9.17, 15) is 30.8 Å². The number of amides is 1. The highest BCUT2D eigenvalue weighted by molar-refractivity contribution is 7.89. The van der Waals surface area contributed by atoms with Crippen molar-refractivity contribution >= 4 is 15.9 Å². The molecule has 188 valence electrons. The minimum absolute atomic E-state index is 0.0695. The molecule has 1 N–H and O–H groups in total. The molecule has 4 rings (SSSR count). The van der Waals surface area contributed by atoms with Gasteiger partial charge in [0.2, 0.25) is 15.9 Å². The lowest BCUT2D eigenvalue weighted by Crippen LogP contribution is -2.45. The second-order valence-corrected chi connectivity index (χ2v) is 9.97. The molecule has 36 heavy (non-hydrogen) atoms. The first kappa shape index (κ1) is 25.4. The van der Waals surface area contributed by atoms with Gasteiger partial charge in [-0.15, -0.1) is 6.42 Å². The summed E-state index contributed by atoms with van der Waals surface area (Å²) in [5, 5.41) is 6.85. The Balaban J connectivity index is 1.48. The van der Waals surface area contributed by atoms with Gasteiger partial charge in [-0.05, 0) is 67.3 Å². The second kappa shape index (κ2) is 9.75. The number of hydrogen-bond acceptors (Lipinski definition) is 4. The van der Waals surface area contributed by atoms with E-state index < -0.39 is 39.5 Å². The van der Waals surface area contributed by atoms with Gasteiger partial charge in [-0.1, -0.05) is 0 Å². The maximum Gasteiger partial charge on any atom is 0.416 e. The van der Waals surface area contributed by atoms with Crippen molar-refractivity contribution < 1.29 is 30.8 Å². The number of carbonyl (C=O) groups excluding carboxylic acids is 1. The number of nitrogens with zero attached hydrogens (tertiary/aromatic N) is 3. The van der Waals surface area contributed by atoms with Crippen LogP contribution in [0, 0.1) is 18.2 Å². The van der Waals surface area contributed by atoms with Crippen LogP contribution in [0.3, 0.4) is 0 Å². The molecule has 12 heteroatoms. The van der Waals surface area contributed by atoms with Crippen LogP contribution in [0.4, 0.5) is 17.6 Å². The fraction of sp³-hybridized carbons (Fsp3) is 0.250. The highest BCUT2D eigenvalue weighted by atomic mass is 32.2. The Kier molecular flexibility index (Phi) is 6.88. The first-order chi connectivity index (χ1) is 17.0. The zero-order valence-corrected chi connectivity index (χ0v) is 19.5. The van der Waals surface area contributed by atoms with Crippen LogP contribution < -0.4 is 5.32 Å². The first-order valence-electron chi connectivity index (χ1n) is 10.8. The van der Waals surface area contributed by atoms with Crippen molar-refractivity contribution in [2.45, 2.75) is 36.5 Å². The van der Waals surface area contributed by atoms with Crippen molar-refractivity contribution in [3.05, 3.63) is 77.4 Å². The third kappa shape index (κ3) is 5.12. The standard InChI is InChI=1S/C24H20F4N4O3S/c1-2-21-16(15-31(30-21)19-9-5-17(6-10-19)24(26,27)28)14-29-23(33)22-4-3-13-32(22)36(34,35)20-11-7-18(25)8-12-20/h1,5-12,15,22H,3-4,13-14H2,(H,29,33). The average molecular weight is 521 g/mol. The molecule has 1 atom stereocenters. The lowest BCUT2D eigenvalue weighted by atomic mass is 10.2. The van der Waals surface area contributed by atoms with Crippen molar-refractivity contribution in [3.8, 4) is 18.0 Å². The molecule has 3 aromatic rings. The molecule has 0 spiro atoms. The Hall–Kier alpha value is -3.69. The number of sulfonamides is 1. The summed E-state index contributed by atoms with van der Waals surface area (Å²) in [4.78, 5) is 12.8. The van der Waals surface area contributed by atoms with Gasteiger partial charge in [0.05, 0.1) is 16.1 Å².